The number of nitrogens with zero attached hydrogens (tertiary/aromatic N) is 2. The van der Waals surface area contributed by atoms with Crippen LogP contribution in [0.4, 0.5) is 0 Å². The fourth-order valence-corrected chi connectivity index (χ4v) is 4.05. The van der Waals surface area contributed by atoms with Gasteiger partial charge in [-0.1, -0.05) is 0 Å². The SMILES string of the molecule is O=C(CC1CCNCC1)N1CCC(N2CCCC2)CC1. The minimum absolute atomic E-state index is 0.414. The molecule has 1 amide bonds. The van der Waals surface area contributed by atoms with Gasteiger partial charge < -0.3 is 15.1 Å². The highest BCUT2D eigenvalue weighted by molar-refractivity contribution is 5.76. The van der Waals surface area contributed by atoms with E-state index in [1.807, 2.05) is 0 Å². The summed E-state index contributed by atoms with van der Waals surface area (Å²) in [5.74, 6) is 1.04. The summed E-state index contributed by atoms with van der Waals surface area (Å²) in [6, 6.07) is 0.750. The van der Waals surface area contributed by atoms with Crippen molar-refractivity contribution >= 4 is 5.91 Å². The van der Waals surface area contributed by atoms with E-state index in [2.05, 4.69) is 15.1 Å². The van der Waals surface area contributed by atoms with Crippen molar-refractivity contribution in [3.8, 4) is 0 Å². The third kappa shape index (κ3) is 3.53. The highest BCUT2D eigenvalue weighted by Gasteiger charge is 2.29. The lowest BCUT2D eigenvalue weighted by Gasteiger charge is -2.37. The molecule has 3 heterocycles. The first-order valence-corrected chi connectivity index (χ1v) is 8.55. The predicted octanol–water partition coefficient (Wildman–Crippen LogP) is 1.46. The summed E-state index contributed by atoms with van der Waals surface area (Å²) in [6.07, 6.45) is 8.27. The van der Waals surface area contributed by atoms with Gasteiger partial charge in [-0.3, -0.25) is 4.79 Å². The van der Waals surface area contributed by atoms with Crippen LogP contribution in [0.15, 0.2) is 0 Å². The minimum Gasteiger partial charge on any atom is -0.343 e. The molecule has 0 bridgehead atoms. The van der Waals surface area contributed by atoms with E-state index >= 15 is 0 Å². The van der Waals surface area contributed by atoms with Crippen molar-refractivity contribution in [1.29, 1.82) is 0 Å². The Morgan fingerprint density at radius 1 is 0.950 bits per heavy atom. The summed E-state index contributed by atoms with van der Waals surface area (Å²) in [5.41, 5.74) is 0. The fourth-order valence-electron chi connectivity index (χ4n) is 4.05. The molecular weight excluding hydrogens is 250 g/mol. The van der Waals surface area contributed by atoms with Gasteiger partial charge in [-0.05, 0) is 70.6 Å². The molecule has 114 valence electrons. The number of carbonyl (C=O) groups excluding carboxylic acids is 1. The molecule has 3 aliphatic heterocycles. The van der Waals surface area contributed by atoms with E-state index in [4.69, 9.17) is 0 Å². The van der Waals surface area contributed by atoms with Crippen molar-refractivity contribution in [3.63, 3.8) is 0 Å². The van der Waals surface area contributed by atoms with Gasteiger partial charge in [0.05, 0.1) is 0 Å². The number of carbonyl (C=O) groups is 1. The molecule has 0 aromatic rings. The molecular formula is C16H29N3O. The number of piperidine rings is 2. The topological polar surface area (TPSA) is 35.6 Å². The molecule has 3 aliphatic rings. The summed E-state index contributed by atoms with van der Waals surface area (Å²) < 4.78 is 0. The second-order valence-corrected chi connectivity index (χ2v) is 6.75. The van der Waals surface area contributed by atoms with Gasteiger partial charge in [0.1, 0.15) is 0 Å². The standard InChI is InChI=1S/C16H29N3O/c20-16(13-14-3-7-17-8-4-14)19-11-5-15(6-12-19)18-9-1-2-10-18/h14-15,17H,1-13H2. The number of likely N-dealkylation sites (tertiary alicyclic amines) is 2. The minimum atomic E-state index is 0.414. The van der Waals surface area contributed by atoms with Crippen molar-refractivity contribution in [3.05, 3.63) is 0 Å². The van der Waals surface area contributed by atoms with Crippen LogP contribution in [0.2, 0.25) is 0 Å². The third-order valence-electron chi connectivity index (χ3n) is 5.40. The molecule has 3 saturated heterocycles. The smallest absolute Gasteiger partial charge is 0.222 e. The van der Waals surface area contributed by atoms with Crippen molar-refractivity contribution < 1.29 is 4.79 Å². The Bertz CT molecular complexity index is 314. The lowest BCUT2D eigenvalue weighted by molar-refractivity contribution is -0.133. The zero-order valence-electron chi connectivity index (χ0n) is 12.6. The zero-order valence-corrected chi connectivity index (χ0v) is 12.6. The van der Waals surface area contributed by atoms with Crippen LogP contribution in [0.5, 0.6) is 0 Å². The Kier molecular flexibility index (Phi) is 4.94. The molecule has 4 heteroatoms. The van der Waals surface area contributed by atoms with Gasteiger partial charge in [0, 0.05) is 25.6 Å². The largest absolute Gasteiger partial charge is 0.343 e. The highest BCUT2D eigenvalue weighted by atomic mass is 16.2. The Hall–Kier alpha value is -0.610. The average molecular weight is 279 g/mol. The maximum Gasteiger partial charge on any atom is 0.222 e. The lowest BCUT2D eigenvalue weighted by atomic mass is 9.93. The van der Waals surface area contributed by atoms with Crippen LogP contribution in [-0.4, -0.2) is 61.0 Å². The van der Waals surface area contributed by atoms with Crippen LogP contribution >= 0.6 is 0 Å². The van der Waals surface area contributed by atoms with Crippen molar-refractivity contribution in [2.75, 3.05) is 39.3 Å². The van der Waals surface area contributed by atoms with Crippen LogP contribution in [0, 0.1) is 5.92 Å². The molecule has 0 unspecified atom stereocenters. The summed E-state index contributed by atoms with van der Waals surface area (Å²) >= 11 is 0. The number of nitrogens with one attached hydrogen (secondary N) is 1. The van der Waals surface area contributed by atoms with E-state index in [-0.39, 0.29) is 0 Å². The predicted molar refractivity (Wildman–Crippen MR) is 80.6 cm³/mol. The third-order valence-corrected chi connectivity index (χ3v) is 5.40. The first kappa shape index (κ1) is 14.3. The van der Waals surface area contributed by atoms with E-state index in [0.717, 1.165) is 38.6 Å². The van der Waals surface area contributed by atoms with Crippen molar-refractivity contribution in [2.24, 2.45) is 5.92 Å². The molecule has 1 N–H and O–H groups in total. The molecule has 3 rings (SSSR count). The maximum atomic E-state index is 12.4. The summed E-state index contributed by atoms with van der Waals surface area (Å²) in [4.78, 5) is 17.2. The van der Waals surface area contributed by atoms with Gasteiger partial charge in [-0.25, -0.2) is 0 Å². The average Bonchev–Trinajstić information content (AvgIpc) is 3.03. The fraction of sp³-hybridized carbons (Fsp3) is 0.938. The van der Waals surface area contributed by atoms with Crippen molar-refractivity contribution in [1.82, 2.24) is 15.1 Å². The van der Waals surface area contributed by atoms with Crippen LogP contribution in [-0.2, 0) is 4.79 Å². The Morgan fingerprint density at radius 2 is 1.60 bits per heavy atom. The molecule has 0 spiro atoms. The van der Waals surface area contributed by atoms with Crippen LogP contribution in [0.25, 0.3) is 0 Å². The molecule has 0 aliphatic carbocycles. The molecule has 0 radical (unpaired) electrons. The lowest BCUT2D eigenvalue weighted by Crippen LogP contribution is -2.46. The first-order chi connectivity index (χ1) is 9.83. The molecule has 0 saturated carbocycles. The highest BCUT2D eigenvalue weighted by Crippen LogP contribution is 2.23. The zero-order chi connectivity index (χ0) is 13.8. The summed E-state index contributed by atoms with van der Waals surface area (Å²) in [5, 5.41) is 3.37. The van der Waals surface area contributed by atoms with Crippen LogP contribution in [0.1, 0.15) is 44.9 Å². The van der Waals surface area contributed by atoms with Gasteiger partial charge in [0.25, 0.3) is 0 Å². The van der Waals surface area contributed by atoms with Crippen molar-refractivity contribution in [2.45, 2.75) is 51.0 Å². The normalized spacial score (nSPS) is 27.1. The number of hydrogen-bond donors (Lipinski definition) is 1. The van der Waals surface area contributed by atoms with Gasteiger partial charge in [-0.15, -0.1) is 0 Å². The van der Waals surface area contributed by atoms with E-state index in [0.29, 0.717) is 11.8 Å². The molecule has 0 atom stereocenters. The number of amides is 1. The van der Waals surface area contributed by atoms with Gasteiger partial charge in [-0.2, -0.15) is 0 Å². The quantitative estimate of drug-likeness (QED) is 0.849. The Labute approximate surface area is 122 Å². The van der Waals surface area contributed by atoms with Gasteiger partial charge >= 0.3 is 0 Å². The molecule has 0 aromatic heterocycles. The Balaban J connectivity index is 1.41. The first-order valence-electron chi connectivity index (χ1n) is 8.55. The van der Waals surface area contributed by atoms with E-state index in [9.17, 15) is 4.79 Å². The van der Waals surface area contributed by atoms with Gasteiger partial charge in [0.2, 0.25) is 5.91 Å². The summed E-state index contributed by atoms with van der Waals surface area (Å²) in [7, 11) is 0. The van der Waals surface area contributed by atoms with E-state index in [1.54, 1.807) is 0 Å². The second-order valence-electron chi connectivity index (χ2n) is 6.75. The monoisotopic (exact) mass is 279 g/mol. The molecule has 20 heavy (non-hydrogen) atoms. The Morgan fingerprint density at radius 3 is 2.25 bits per heavy atom. The summed E-state index contributed by atoms with van der Waals surface area (Å²) in [6.45, 7) is 6.74. The van der Waals surface area contributed by atoms with Gasteiger partial charge in [0.15, 0.2) is 0 Å². The second kappa shape index (κ2) is 6.90. The number of rotatable bonds is 3. The van der Waals surface area contributed by atoms with E-state index in [1.165, 1.54) is 51.6 Å². The van der Waals surface area contributed by atoms with E-state index < -0.39 is 0 Å². The number of hydrogen-bond acceptors (Lipinski definition) is 3. The molecule has 3 fully saturated rings. The molecule has 4 nitrogen and oxygen atoms in total. The van der Waals surface area contributed by atoms with Crippen LogP contribution in [0.3, 0.4) is 0 Å². The van der Waals surface area contributed by atoms with Crippen LogP contribution < -0.4 is 5.32 Å². The maximum absolute atomic E-state index is 12.4. The molecule has 0 aromatic carbocycles.